The first kappa shape index (κ1) is 5.97. The molecule has 0 aromatic heterocycles. The zero-order chi connectivity index (χ0) is 5.54. The Morgan fingerprint density at radius 2 is 2.14 bits per heavy atom. The molecule has 0 aliphatic heterocycles. The molecule has 0 saturated carbocycles. The van der Waals surface area contributed by atoms with Crippen molar-refractivity contribution in [1.82, 2.24) is 0 Å². The topological polar surface area (TPSA) is 4.36 Å². The monoisotopic (exact) mass is 94.1 g/mol. The summed E-state index contributed by atoms with van der Waals surface area (Å²) in [5.41, 5.74) is 0. The molecule has 0 fully saturated rings. The summed E-state index contributed by atoms with van der Waals surface area (Å²) in [7, 11) is 0. The van der Waals surface area contributed by atoms with Gasteiger partial charge in [0.05, 0.1) is 0 Å². The van der Waals surface area contributed by atoms with Crippen molar-refractivity contribution < 1.29 is 0 Å². The molecule has 0 unspecified atom stereocenters. The first-order chi connectivity index (χ1) is 3.41. The van der Waals surface area contributed by atoms with E-state index in [0.717, 1.165) is 0 Å². The molecule has 0 radical (unpaired) electrons. The molecular formula is C6H8N+. The fourth-order valence-corrected chi connectivity index (χ4v) is 0.210. The minimum Gasteiger partial charge on any atom is -0.0874 e. The summed E-state index contributed by atoms with van der Waals surface area (Å²) in [5, 5.41) is 0. The highest BCUT2D eigenvalue weighted by molar-refractivity contribution is 5.05. The van der Waals surface area contributed by atoms with Crippen molar-refractivity contribution in [1.29, 1.82) is 0 Å². The summed E-state index contributed by atoms with van der Waals surface area (Å²) in [6, 6.07) is 0. The lowest BCUT2D eigenvalue weighted by atomic mass is 10.5. The van der Waals surface area contributed by atoms with Crippen molar-refractivity contribution in [3.05, 3.63) is 29.3 Å². The van der Waals surface area contributed by atoms with E-state index in [-0.39, 0.29) is 0 Å². The third-order valence-electron chi connectivity index (χ3n) is 0.476. The van der Waals surface area contributed by atoms with Crippen LogP contribution in [0.5, 0.6) is 0 Å². The maximum Gasteiger partial charge on any atom is 0.305 e. The van der Waals surface area contributed by atoms with Crippen molar-refractivity contribution >= 4 is 0 Å². The summed E-state index contributed by atoms with van der Waals surface area (Å²) in [6.45, 7) is 6.70. The van der Waals surface area contributed by atoms with Gasteiger partial charge in [-0.05, 0) is 11.8 Å². The molecule has 0 saturated heterocycles. The zero-order valence-corrected chi connectivity index (χ0v) is 4.33. The van der Waals surface area contributed by atoms with Crippen molar-refractivity contribution in [2.45, 2.75) is 6.92 Å². The summed E-state index contributed by atoms with van der Waals surface area (Å²) >= 11 is 0. The first-order valence-electron chi connectivity index (χ1n) is 2.09. The molecule has 0 bridgehead atoms. The zero-order valence-electron chi connectivity index (χ0n) is 4.33. The number of nitrogens with zero attached hydrogens (tertiary/aromatic N) is 1. The number of hydrogen-bond donors (Lipinski definition) is 0. The van der Waals surface area contributed by atoms with Gasteiger partial charge in [0.15, 0.2) is 0 Å². The van der Waals surface area contributed by atoms with Gasteiger partial charge in [0.25, 0.3) is 6.57 Å². The minimum atomic E-state index is 1.53. The molecule has 0 aliphatic carbocycles. The van der Waals surface area contributed by atoms with Crippen LogP contribution >= 0.6 is 0 Å². The Balaban J connectivity index is 3.33. The van der Waals surface area contributed by atoms with Crippen molar-refractivity contribution in [2.75, 3.05) is 0 Å². The van der Waals surface area contributed by atoms with Gasteiger partial charge >= 0.3 is 6.20 Å². The second kappa shape index (κ2) is 4.97. The molecular weight excluding hydrogens is 86.1 g/mol. The molecule has 0 atom stereocenters. The summed E-state index contributed by atoms with van der Waals surface area (Å²) in [6.07, 6.45) is 7.05. The van der Waals surface area contributed by atoms with Gasteiger partial charge in [0.1, 0.15) is 0 Å². The summed E-state index contributed by atoms with van der Waals surface area (Å²) in [5.74, 6) is 0. The lowest BCUT2D eigenvalue weighted by Gasteiger charge is -1.56. The standard InChI is InChI=1S/C6H8N/c1-3-4-5-6-7-2/h2-6H,1H3/q+1. The predicted octanol–water partition coefficient (Wildman–Crippen LogP) is 2.04. The van der Waals surface area contributed by atoms with E-state index in [0.29, 0.717) is 0 Å². The van der Waals surface area contributed by atoms with Crippen LogP contribution in [-0.2, 0) is 0 Å². The normalized spacial score (nSPS) is 10.3. The third kappa shape index (κ3) is 4.97. The lowest BCUT2D eigenvalue weighted by molar-refractivity contribution is 1.73. The molecule has 0 spiro atoms. The predicted molar refractivity (Wildman–Crippen MR) is 32.3 cm³/mol. The number of rotatable bonds is 1. The molecule has 7 heavy (non-hydrogen) atoms. The van der Waals surface area contributed by atoms with E-state index in [1.165, 1.54) is 6.20 Å². The Morgan fingerprint density at radius 1 is 1.43 bits per heavy atom. The fraction of sp³-hybridized carbons (Fsp3) is 0.167. The number of hydrogen-bond acceptors (Lipinski definition) is 0. The molecule has 1 nitrogen and oxygen atoms in total. The van der Waals surface area contributed by atoms with E-state index in [1.54, 1.807) is 6.08 Å². The van der Waals surface area contributed by atoms with Gasteiger partial charge in [0.2, 0.25) is 0 Å². The van der Waals surface area contributed by atoms with Gasteiger partial charge in [-0.2, -0.15) is 0 Å². The molecule has 0 rings (SSSR count). The highest BCUT2D eigenvalue weighted by atomic mass is 14.6. The fourth-order valence-electron chi connectivity index (χ4n) is 0.210. The van der Waals surface area contributed by atoms with Crippen LogP contribution in [0.2, 0.25) is 0 Å². The molecule has 0 amide bonds. The van der Waals surface area contributed by atoms with Crippen LogP contribution in [0.15, 0.2) is 24.4 Å². The Kier molecular flexibility index (Phi) is 4.24. The van der Waals surface area contributed by atoms with E-state index < -0.39 is 0 Å². The minimum absolute atomic E-state index is 1.53. The summed E-state index contributed by atoms with van der Waals surface area (Å²) < 4.78 is 0. The van der Waals surface area contributed by atoms with Gasteiger partial charge in [0, 0.05) is 6.08 Å². The number of allylic oxidation sites excluding steroid dienone is 3. The molecule has 0 aromatic rings. The maximum atomic E-state index is 4.77. The summed E-state index contributed by atoms with van der Waals surface area (Å²) in [4.78, 5) is 3.24. The van der Waals surface area contributed by atoms with Crippen LogP contribution in [0.3, 0.4) is 0 Å². The molecule has 0 aliphatic rings. The first-order valence-corrected chi connectivity index (χ1v) is 2.09. The smallest absolute Gasteiger partial charge is 0.0874 e. The van der Waals surface area contributed by atoms with Crippen molar-refractivity contribution in [3.8, 4) is 6.57 Å². The highest BCUT2D eigenvalue weighted by Gasteiger charge is 1.63. The van der Waals surface area contributed by atoms with Gasteiger partial charge in [-0.15, -0.1) is 0 Å². The van der Waals surface area contributed by atoms with E-state index in [9.17, 15) is 0 Å². The highest BCUT2D eigenvalue weighted by Crippen LogP contribution is 1.74. The third-order valence-corrected chi connectivity index (χ3v) is 0.476. The van der Waals surface area contributed by atoms with Crippen LogP contribution in [0, 0.1) is 6.57 Å². The Labute approximate surface area is 43.8 Å². The SMILES string of the molecule is C#[N+]C=CC=CC. The Hall–Kier alpha value is -1.03. The van der Waals surface area contributed by atoms with Gasteiger partial charge in [-0.1, -0.05) is 12.2 Å². The Morgan fingerprint density at radius 3 is 2.57 bits per heavy atom. The van der Waals surface area contributed by atoms with Crippen molar-refractivity contribution in [3.63, 3.8) is 0 Å². The van der Waals surface area contributed by atoms with E-state index in [1.807, 2.05) is 19.1 Å². The van der Waals surface area contributed by atoms with E-state index >= 15 is 0 Å². The van der Waals surface area contributed by atoms with Crippen LogP contribution in [-0.4, -0.2) is 0 Å². The average molecular weight is 94.1 g/mol. The molecule has 0 N–H and O–H groups in total. The molecule has 0 aromatic carbocycles. The van der Waals surface area contributed by atoms with Gasteiger partial charge < -0.3 is 0 Å². The van der Waals surface area contributed by atoms with Crippen molar-refractivity contribution in [2.24, 2.45) is 0 Å². The van der Waals surface area contributed by atoms with Gasteiger partial charge in [-0.3, -0.25) is 0 Å². The van der Waals surface area contributed by atoms with Crippen LogP contribution in [0.25, 0.3) is 4.85 Å². The largest absolute Gasteiger partial charge is 0.305 e. The van der Waals surface area contributed by atoms with Crippen LogP contribution < -0.4 is 0 Å². The second-order valence-corrected chi connectivity index (χ2v) is 1.02. The average Bonchev–Trinajstić information content (AvgIpc) is 1.69. The van der Waals surface area contributed by atoms with Gasteiger partial charge in [-0.25, -0.2) is 0 Å². The maximum absolute atomic E-state index is 4.77. The van der Waals surface area contributed by atoms with Crippen LogP contribution in [0.4, 0.5) is 0 Å². The second-order valence-electron chi connectivity index (χ2n) is 1.02. The van der Waals surface area contributed by atoms with Crippen LogP contribution in [0.1, 0.15) is 6.92 Å². The van der Waals surface area contributed by atoms with E-state index in [2.05, 4.69) is 4.85 Å². The molecule has 1 heteroatoms. The lowest BCUT2D eigenvalue weighted by Crippen LogP contribution is -1.40. The molecule has 0 heterocycles. The Bertz CT molecular complexity index is 115. The quantitative estimate of drug-likeness (QED) is 0.438. The van der Waals surface area contributed by atoms with E-state index in [4.69, 9.17) is 6.57 Å². The molecule has 36 valence electrons.